The maximum absolute atomic E-state index is 9.87. The number of hydrogen-bond acceptors (Lipinski definition) is 1. The van der Waals surface area contributed by atoms with Crippen LogP contribution in [-0.2, 0) is 0 Å². The first-order valence-corrected chi connectivity index (χ1v) is 10.2. The predicted octanol–water partition coefficient (Wildman–Crippen LogP) is 7.22. The van der Waals surface area contributed by atoms with Crippen LogP contribution >= 0.6 is 0 Å². The van der Waals surface area contributed by atoms with Crippen LogP contribution in [0.2, 0.25) is 0 Å². The summed E-state index contributed by atoms with van der Waals surface area (Å²) in [4.78, 5) is 0. The Hall–Kier alpha value is -0.0400. The lowest BCUT2D eigenvalue weighted by Crippen LogP contribution is -2.22. The molecule has 1 nitrogen and oxygen atoms in total. The Morgan fingerprint density at radius 3 is 1.36 bits per heavy atom. The molecule has 0 bridgehead atoms. The summed E-state index contributed by atoms with van der Waals surface area (Å²) in [5.74, 6) is 0. The van der Waals surface area contributed by atoms with Crippen molar-refractivity contribution in [1.82, 2.24) is 0 Å². The molecule has 1 atom stereocenters. The second-order valence-electron chi connectivity index (χ2n) is 7.30. The van der Waals surface area contributed by atoms with E-state index in [9.17, 15) is 5.11 Å². The van der Waals surface area contributed by atoms with Crippen molar-refractivity contribution >= 4 is 0 Å². The number of aliphatic hydroxyl groups is 1. The molecule has 22 heavy (non-hydrogen) atoms. The van der Waals surface area contributed by atoms with Gasteiger partial charge in [0, 0.05) is 0 Å². The van der Waals surface area contributed by atoms with Crippen molar-refractivity contribution < 1.29 is 5.11 Å². The van der Waals surface area contributed by atoms with Gasteiger partial charge in [0.2, 0.25) is 0 Å². The molecule has 0 spiro atoms. The molecule has 0 saturated heterocycles. The van der Waals surface area contributed by atoms with Crippen LogP contribution in [-0.4, -0.2) is 10.7 Å². The summed E-state index contributed by atoms with van der Waals surface area (Å²) in [5.41, 5.74) is -0.545. The molecule has 0 rings (SSSR count). The summed E-state index contributed by atoms with van der Waals surface area (Å²) in [5, 5.41) is 9.87. The minimum atomic E-state index is -0.545. The fraction of sp³-hybridized carbons (Fsp3) is 0.952. The second kappa shape index (κ2) is 15.8. The van der Waals surface area contributed by atoms with E-state index in [2.05, 4.69) is 13.3 Å². The average Bonchev–Trinajstić information content (AvgIpc) is 2.51. The molecule has 0 aliphatic heterocycles. The molecule has 0 aliphatic rings. The van der Waals surface area contributed by atoms with E-state index >= 15 is 0 Å². The zero-order chi connectivity index (χ0) is 16.5. The first kappa shape index (κ1) is 22.0. The van der Waals surface area contributed by atoms with Gasteiger partial charge in [-0.05, 0) is 26.2 Å². The van der Waals surface area contributed by atoms with Gasteiger partial charge in [-0.3, -0.25) is 0 Å². The van der Waals surface area contributed by atoms with Crippen molar-refractivity contribution in [2.75, 3.05) is 0 Å². The average molecular weight is 312 g/mol. The molecule has 0 aromatic carbocycles. The summed E-state index contributed by atoms with van der Waals surface area (Å²) < 4.78 is 0. The Morgan fingerprint density at radius 1 is 0.636 bits per heavy atom. The van der Waals surface area contributed by atoms with Gasteiger partial charge in [0.15, 0.2) is 0 Å². The van der Waals surface area contributed by atoms with E-state index in [4.69, 9.17) is 0 Å². The highest BCUT2D eigenvalue weighted by Gasteiger charge is 2.16. The van der Waals surface area contributed by atoms with Crippen LogP contribution in [0.15, 0.2) is 0 Å². The predicted molar refractivity (Wildman–Crippen MR) is 100 cm³/mol. The van der Waals surface area contributed by atoms with Gasteiger partial charge >= 0.3 is 0 Å². The van der Waals surface area contributed by atoms with Crippen molar-refractivity contribution in [2.45, 2.75) is 129 Å². The molecular weight excluding hydrogens is 268 g/mol. The monoisotopic (exact) mass is 311 g/mol. The summed E-state index contributed by atoms with van der Waals surface area (Å²) in [7, 11) is 0. The van der Waals surface area contributed by atoms with E-state index in [-0.39, 0.29) is 0 Å². The highest BCUT2D eigenvalue weighted by molar-refractivity contribution is 4.87. The molecule has 1 unspecified atom stereocenters. The third-order valence-electron chi connectivity index (χ3n) is 4.86. The van der Waals surface area contributed by atoms with Gasteiger partial charge in [-0.25, -0.2) is 0 Å². The van der Waals surface area contributed by atoms with Gasteiger partial charge in [0.25, 0.3) is 0 Å². The molecule has 0 amide bonds. The van der Waals surface area contributed by atoms with Crippen molar-refractivity contribution in [1.29, 1.82) is 0 Å². The first-order chi connectivity index (χ1) is 10.6. The van der Waals surface area contributed by atoms with Gasteiger partial charge < -0.3 is 5.11 Å². The largest absolute Gasteiger partial charge is 0.390 e. The van der Waals surface area contributed by atoms with Crippen LogP contribution in [0.3, 0.4) is 0 Å². The lowest BCUT2D eigenvalue weighted by Gasteiger charge is -2.20. The number of rotatable bonds is 17. The van der Waals surface area contributed by atoms with E-state index in [1.165, 1.54) is 89.9 Å². The fourth-order valence-corrected chi connectivity index (χ4v) is 2.90. The van der Waals surface area contributed by atoms with Gasteiger partial charge in [-0.15, -0.1) is 0 Å². The van der Waals surface area contributed by atoms with E-state index < -0.39 is 5.60 Å². The molecule has 0 aliphatic carbocycles. The van der Waals surface area contributed by atoms with Crippen LogP contribution in [0.5, 0.6) is 0 Å². The lowest BCUT2D eigenvalue weighted by atomic mass is 9.95. The van der Waals surface area contributed by atoms with Crippen LogP contribution < -0.4 is 0 Å². The summed E-state index contributed by atoms with van der Waals surface area (Å²) in [6.45, 7) is 6.24. The Bertz CT molecular complexity index is 210. The number of unbranched alkanes of at least 4 members (excludes halogenated alkanes) is 14. The highest BCUT2D eigenvalue weighted by atomic mass is 16.3. The highest BCUT2D eigenvalue weighted by Crippen LogP contribution is 2.18. The van der Waals surface area contributed by atoms with Gasteiger partial charge in [0.1, 0.15) is 0 Å². The third-order valence-corrected chi connectivity index (χ3v) is 4.86. The van der Waals surface area contributed by atoms with Crippen molar-refractivity contribution in [3.63, 3.8) is 0 Å². The van der Waals surface area contributed by atoms with E-state index in [1.807, 2.05) is 13.8 Å². The van der Waals surface area contributed by atoms with E-state index in [0.29, 0.717) is 0 Å². The standard InChI is InChI=1S/C21H43O/c1-4-6-7-8-9-10-11-12-13-14-15-16-17-18-19-20-21(3,22)5-2/h20,22H,4-19H2,1-3H3. The van der Waals surface area contributed by atoms with Crippen LogP contribution in [0.1, 0.15) is 124 Å². The summed E-state index contributed by atoms with van der Waals surface area (Å²) >= 11 is 0. The molecular formula is C21H43O. The molecule has 0 fully saturated rings. The summed E-state index contributed by atoms with van der Waals surface area (Å²) in [6.07, 6.45) is 23.7. The molecule has 0 aromatic rings. The molecule has 0 aromatic heterocycles. The molecule has 0 saturated carbocycles. The SMILES string of the molecule is CCCCCCCCCCCCCCCC[CH]C(C)(O)CC. The second-order valence-corrected chi connectivity index (χ2v) is 7.30. The van der Waals surface area contributed by atoms with Crippen LogP contribution in [0, 0.1) is 6.42 Å². The number of hydrogen-bond donors (Lipinski definition) is 1. The maximum atomic E-state index is 9.87. The zero-order valence-electron chi connectivity index (χ0n) is 15.8. The Labute approximate surface area is 141 Å². The fourth-order valence-electron chi connectivity index (χ4n) is 2.90. The Kier molecular flexibility index (Phi) is 15.8. The smallest absolute Gasteiger partial charge is 0.0648 e. The normalized spacial score (nSPS) is 14.2. The minimum Gasteiger partial charge on any atom is -0.390 e. The Morgan fingerprint density at radius 2 is 1.00 bits per heavy atom. The molecule has 133 valence electrons. The third kappa shape index (κ3) is 16.3. The van der Waals surface area contributed by atoms with Crippen molar-refractivity contribution in [3.8, 4) is 0 Å². The summed E-state index contributed by atoms with van der Waals surface area (Å²) in [6, 6.07) is 0. The van der Waals surface area contributed by atoms with Gasteiger partial charge in [0.05, 0.1) is 5.60 Å². The lowest BCUT2D eigenvalue weighted by molar-refractivity contribution is 0.0860. The van der Waals surface area contributed by atoms with Gasteiger partial charge in [-0.2, -0.15) is 0 Å². The van der Waals surface area contributed by atoms with Crippen LogP contribution in [0.4, 0.5) is 0 Å². The zero-order valence-corrected chi connectivity index (χ0v) is 15.8. The van der Waals surface area contributed by atoms with Crippen LogP contribution in [0.25, 0.3) is 0 Å². The van der Waals surface area contributed by atoms with Crippen molar-refractivity contribution in [3.05, 3.63) is 6.42 Å². The molecule has 0 heterocycles. The van der Waals surface area contributed by atoms with Gasteiger partial charge in [-0.1, -0.05) is 104 Å². The van der Waals surface area contributed by atoms with E-state index in [0.717, 1.165) is 12.8 Å². The molecule has 1 heteroatoms. The minimum absolute atomic E-state index is 0.545. The molecule has 1 radical (unpaired) electrons. The van der Waals surface area contributed by atoms with E-state index in [1.54, 1.807) is 0 Å². The van der Waals surface area contributed by atoms with Crippen molar-refractivity contribution in [2.24, 2.45) is 0 Å². The maximum Gasteiger partial charge on any atom is 0.0648 e. The molecule has 1 N–H and O–H groups in total. The quantitative estimate of drug-likeness (QED) is 0.281. The first-order valence-electron chi connectivity index (χ1n) is 10.2. The Balaban J connectivity index is 3.06. The topological polar surface area (TPSA) is 20.2 Å².